The zero-order chi connectivity index (χ0) is 25.7. The number of hydrogen-bond donors (Lipinski definition) is 0. The van der Waals surface area contributed by atoms with Crippen molar-refractivity contribution < 1.29 is 13.4 Å². The minimum absolute atomic E-state index is 0.0988. The molecule has 2 fully saturated rings. The zero-order valence-electron chi connectivity index (χ0n) is 22.9. The molecule has 0 saturated heterocycles. The van der Waals surface area contributed by atoms with Gasteiger partial charge in [-0.05, 0) is 79.5 Å². The predicted molar refractivity (Wildman–Crippen MR) is 150 cm³/mol. The van der Waals surface area contributed by atoms with Crippen molar-refractivity contribution in [3.8, 4) is 11.3 Å². The van der Waals surface area contributed by atoms with Gasteiger partial charge in [-0.3, -0.25) is 0 Å². The number of aromatic nitrogens is 1. The van der Waals surface area contributed by atoms with Crippen molar-refractivity contribution in [2.45, 2.75) is 90.4 Å². The molecule has 2 aromatic heterocycles. The van der Waals surface area contributed by atoms with Crippen LogP contribution in [0.3, 0.4) is 0 Å². The van der Waals surface area contributed by atoms with Crippen molar-refractivity contribution in [1.29, 1.82) is 0 Å². The molecular formula is C34H41FNO+. The van der Waals surface area contributed by atoms with Crippen LogP contribution in [0.25, 0.3) is 33.2 Å². The van der Waals surface area contributed by atoms with Crippen LogP contribution in [-0.4, -0.2) is 0 Å². The number of furan rings is 1. The fourth-order valence-electron chi connectivity index (χ4n) is 7.38. The lowest BCUT2D eigenvalue weighted by Crippen LogP contribution is -2.31. The van der Waals surface area contributed by atoms with E-state index in [-0.39, 0.29) is 11.7 Å². The number of aryl methyl sites for hydroxylation is 2. The lowest BCUT2D eigenvalue weighted by Gasteiger charge is -2.36. The molecular weight excluding hydrogens is 457 g/mol. The van der Waals surface area contributed by atoms with Crippen LogP contribution in [0.4, 0.5) is 4.39 Å². The van der Waals surface area contributed by atoms with E-state index in [1.807, 2.05) is 6.07 Å². The van der Waals surface area contributed by atoms with E-state index >= 15 is 4.39 Å². The van der Waals surface area contributed by atoms with E-state index in [0.717, 1.165) is 63.4 Å². The van der Waals surface area contributed by atoms with Crippen LogP contribution in [0.1, 0.15) is 100 Å². The van der Waals surface area contributed by atoms with Gasteiger partial charge in [0, 0.05) is 28.5 Å². The summed E-state index contributed by atoms with van der Waals surface area (Å²) in [4.78, 5) is 0. The number of hydrogen-bond acceptors (Lipinski definition) is 1. The summed E-state index contributed by atoms with van der Waals surface area (Å²) in [7, 11) is 2.09. The highest BCUT2D eigenvalue weighted by atomic mass is 19.1. The number of rotatable bonds is 4. The first-order valence-corrected chi connectivity index (χ1v) is 14.6. The fourth-order valence-corrected chi connectivity index (χ4v) is 7.38. The summed E-state index contributed by atoms with van der Waals surface area (Å²) >= 11 is 0. The second-order valence-electron chi connectivity index (χ2n) is 12.2. The number of benzene rings is 2. The molecule has 0 amide bonds. The largest absolute Gasteiger partial charge is 0.455 e. The maximum atomic E-state index is 15.5. The van der Waals surface area contributed by atoms with Crippen molar-refractivity contribution in [2.24, 2.45) is 18.9 Å². The van der Waals surface area contributed by atoms with Crippen LogP contribution in [0.15, 0.2) is 47.0 Å². The molecule has 0 N–H and O–H groups in total. The van der Waals surface area contributed by atoms with Gasteiger partial charge in [0.1, 0.15) is 24.0 Å². The molecule has 2 aromatic carbocycles. The highest BCUT2D eigenvalue weighted by Gasteiger charge is 2.32. The molecule has 0 spiro atoms. The van der Waals surface area contributed by atoms with Gasteiger partial charge in [0.15, 0.2) is 6.20 Å². The van der Waals surface area contributed by atoms with Gasteiger partial charge in [0.25, 0.3) is 0 Å². The molecule has 2 aliphatic carbocycles. The van der Waals surface area contributed by atoms with E-state index in [4.69, 9.17) is 4.42 Å². The van der Waals surface area contributed by atoms with Crippen molar-refractivity contribution >= 4 is 21.9 Å². The average molecular weight is 499 g/mol. The van der Waals surface area contributed by atoms with Crippen molar-refractivity contribution in [1.82, 2.24) is 0 Å². The Bertz CT molecular complexity index is 1430. The standard InChI is InChI=1S/C34H41FNO/c1-21(2)26-18-19-36(4)30(20-26)31-22(3)10-15-27-28-16-17-29(35)32(34(28)37-33(27)31)25-13-11-24(12-14-25)23-8-6-5-7-9-23/h10,15-21,23-25H,5-9,11-14H2,1-4H3/q+1. The summed E-state index contributed by atoms with van der Waals surface area (Å²) in [5.74, 6) is 2.32. The molecule has 4 aromatic rings. The smallest absolute Gasteiger partial charge is 0.216 e. The summed E-state index contributed by atoms with van der Waals surface area (Å²) < 4.78 is 24.4. The second-order valence-corrected chi connectivity index (χ2v) is 12.2. The molecule has 0 aliphatic heterocycles. The molecule has 6 rings (SSSR count). The summed E-state index contributed by atoms with van der Waals surface area (Å²) in [5, 5.41) is 2.13. The van der Waals surface area contributed by atoms with Crippen LogP contribution >= 0.6 is 0 Å². The van der Waals surface area contributed by atoms with E-state index in [1.165, 1.54) is 56.1 Å². The lowest BCUT2D eigenvalue weighted by atomic mass is 9.70. The molecule has 194 valence electrons. The van der Waals surface area contributed by atoms with Gasteiger partial charge in [0.2, 0.25) is 5.69 Å². The van der Waals surface area contributed by atoms with E-state index in [2.05, 4.69) is 62.8 Å². The summed E-state index contributed by atoms with van der Waals surface area (Å²) in [6.45, 7) is 6.61. The fraction of sp³-hybridized carbons (Fsp3) is 0.500. The molecule has 0 unspecified atom stereocenters. The summed E-state index contributed by atoms with van der Waals surface area (Å²) in [6, 6.07) is 12.4. The molecule has 37 heavy (non-hydrogen) atoms. The zero-order valence-corrected chi connectivity index (χ0v) is 22.9. The first kappa shape index (κ1) is 24.6. The quantitative estimate of drug-likeness (QED) is 0.256. The van der Waals surface area contributed by atoms with E-state index in [0.29, 0.717) is 5.92 Å². The van der Waals surface area contributed by atoms with Gasteiger partial charge in [0.05, 0.1) is 5.56 Å². The minimum Gasteiger partial charge on any atom is -0.455 e. The third-order valence-electron chi connectivity index (χ3n) is 9.60. The Hall–Kier alpha value is -2.68. The maximum absolute atomic E-state index is 15.5. The monoisotopic (exact) mass is 498 g/mol. The normalized spacial score (nSPS) is 21.4. The first-order valence-electron chi connectivity index (χ1n) is 14.6. The van der Waals surface area contributed by atoms with Crippen LogP contribution < -0.4 is 4.57 Å². The SMILES string of the molecule is Cc1ccc2c(oc3c(C4CCC(C5CCCCC5)CC4)c(F)ccc32)c1-c1cc(C(C)C)cc[n+]1C. The number of fused-ring (bicyclic) bond motifs is 3. The minimum atomic E-state index is -0.0988. The Labute approximate surface area is 220 Å². The summed E-state index contributed by atoms with van der Waals surface area (Å²) in [6.07, 6.45) is 13.8. The van der Waals surface area contributed by atoms with Gasteiger partial charge in [-0.1, -0.05) is 58.1 Å². The molecule has 2 heterocycles. The summed E-state index contributed by atoms with van der Waals surface area (Å²) in [5.41, 5.74) is 7.22. The highest BCUT2D eigenvalue weighted by molar-refractivity contribution is 6.10. The van der Waals surface area contributed by atoms with Crippen molar-refractivity contribution in [2.75, 3.05) is 0 Å². The number of pyridine rings is 1. The molecule has 3 heteroatoms. The predicted octanol–water partition coefficient (Wildman–Crippen LogP) is 9.50. The van der Waals surface area contributed by atoms with Gasteiger partial charge in [-0.15, -0.1) is 0 Å². The van der Waals surface area contributed by atoms with Gasteiger partial charge < -0.3 is 4.42 Å². The third-order valence-corrected chi connectivity index (χ3v) is 9.60. The number of halogens is 1. The third kappa shape index (κ3) is 4.39. The van der Waals surface area contributed by atoms with Crippen LogP contribution in [0.2, 0.25) is 0 Å². The van der Waals surface area contributed by atoms with Crippen LogP contribution in [-0.2, 0) is 7.05 Å². The Balaban J connectivity index is 1.43. The van der Waals surface area contributed by atoms with E-state index in [1.54, 1.807) is 6.07 Å². The van der Waals surface area contributed by atoms with Gasteiger partial charge in [-0.25, -0.2) is 8.96 Å². The Morgan fingerprint density at radius 3 is 2.24 bits per heavy atom. The molecule has 0 bridgehead atoms. The molecule has 2 aliphatic rings. The molecule has 0 atom stereocenters. The molecule has 2 nitrogen and oxygen atoms in total. The van der Waals surface area contributed by atoms with Crippen molar-refractivity contribution in [3.05, 3.63) is 65.1 Å². The van der Waals surface area contributed by atoms with Gasteiger partial charge in [-0.2, -0.15) is 0 Å². The number of nitrogens with zero attached hydrogens (tertiary/aromatic N) is 1. The highest BCUT2D eigenvalue weighted by Crippen LogP contribution is 2.47. The Morgan fingerprint density at radius 1 is 0.838 bits per heavy atom. The lowest BCUT2D eigenvalue weighted by molar-refractivity contribution is -0.660. The van der Waals surface area contributed by atoms with Crippen LogP contribution in [0.5, 0.6) is 0 Å². The average Bonchev–Trinajstić information content (AvgIpc) is 3.28. The second kappa shape index (κ2) is 9.89. The van der Waals surface area contributed by atoms with Crippen LogP contribution in [0, 0.1) is 24.6 Å². The van der Waals surface area contributed by atoms with Crippen molar-refractivity contribution in [3.63, 3.8) is 0 Å². The van der Waals surface area contributed by atoms with E-state index in [9.17, 15) is 0 Å². The Morgan fingerprint density at radius 2 is 1.51 bits per heavy atom. The van der Waals surface area contributed by atoms with E-state index < -0.39 is 0 Å². The Kier molecular flexibility index (Phi) is 6.59. The molecule has 2 saturated carbocycles. The molecule has 0 radical (unpaired) electrons. The van der Waals surface area contributed by atoms with Gasteiger partial charge >= 0.3 is 0 Å². The first-order chi connectivity index (χ1) is 17.9. The maximum Gasteiger partial charge on any atom is 0.216 e. The topological polar surface area (TPSA) is 17.0 Å².